The average molecular weight is 164 g/mol. The van der Waals surface area contributed by atoms with E-state index in [0.29, 0.717) is 5.92 Å². The van der Waals surface area contributed by atoms with Crippen molar-refractivity contribution >= 4 is 0 Å². The van der Waals surface area contributed by atoms with Crippen molar-refractivity contribution in [2.45, 2.75) is 6.10 Å². The van der Waals surface area contributed by atoms with Crippen molar-refractivity contribution in [3.05, 3.63) is 30.1 Å². The van der Waals surface area contributed by atoms with Crippen LogP contribution in [-0.2, 0) is 0 Å². The summed E-state index contributed by atoms with van der Waals surface area (Å²) in [6.45, 7) is 1.83. The van der Waals surface area contributed by atoms with Gasteiger partial charge in [0.25, 0.3) is 0 Å². The van der Waals surface area contributed by atoms with Crippen LogP contribution in [0.2, 0.25) is 0 Å². The topological polar surface area (TPSA) is 45.2 Å². The van der Waals surface area contributed by atoms with Gasteiger partial charge in [-0.25, -0.2) is 0 Å². The van der Waals surface area contributed by atoms with Gasteiger partial charge >= 0.3 is 0 Å². The van der Waals surface area contributed by atoms with E-state index in [1.165, 1.54) is 0 Å². The van der Waals surface area contributed by atoms with Gasteiger partial charge in [0.1, 0.15) is 0 Å². The summed E-state index contributed by atoms with van der Waals surface area (Å²) in [5.74, 6) is 0.370. The summed E-state index contributed by atoms with van der Waals surface area (Å²) in [7, 11) is 0. The molecule has 1 aromatic heterocycles. The molecule has 0 radical (unpaired) electrons. The average Bonchev–Trinajstić information content (AvgIpc) is 2.03. The van der Waals surface area contributed by atoms with Crippen molar-refractivity contribution in [3.63, 3.8) is 0 Å². The van der Waals surface area contributed by atoms with Crippen LogP contribution in [0.3, 0.4) is 0 Å². The van der Waals surface area contributed by atoms with Crippen LogP contribution < -0.4 is 5.32 Å². The number of nitrogens with zero attached hydrogens (tertiary/aromatic N) is 1. The fourth-order valence-electron chi connectivity index (χ4n) is 1.36. The van der Waals surface area contributed by atoms with Gasteiger partial charge in [0, 0.05) is 31.4 Å². The smallest absolute Gasteiger partial charge is 0.0857 e. The number of hydrogen-bond donors (Lipinski definition) is 2. The molecule has 0 saturated carbocycles. The zero-order valence-electron chi connectivity index (χ0n) is 6.77. The second-order valence-electron chi connectivity index (χ2n) is 3.15. The first-order valence-corrected chi connectivity index (χ1v) is 4.16. The fourth-order valence-corrected chi connectivity index (χ4v) is 1.36. The Labute approximate surface area is 71.4 Å². The van der Waals surface area contributed by atoms with Gasteiger partial charge in [0.15, 0.2) is 0 Å². The third kappa shape index (κ3) is 1.33. The minimum absolute atomic E-state index is 0.347. The highest BCUT2D eigenvalue weighted by Crippen LogP contribution is 2.23. The van der Waals surface area contributed by atoms with Gasteiger partial charge in [-0.3, -0.25) is 4.98 Å². The Morgan fingerprint density at radius 2 is 2.42 bits per heavy atom. The summed E-state index contributed by atoms with van der Waals surface area (Å²) in [6, 6.07) is 3.76. The molecule has 1 aromatic rings. The lowest BCUT2D eigenvalue weighted by Crippen LogP contribution is -2.45. The zero-order chi connectivity index (χ0) is 8.39. The van der Waals surface area contributed by atoms with E-state index in [2.05, 4.69) is 10.3 Å². The number of rotatable bonds is 2. The predicted octanol–water partition coefficient (Wildman–Crippen LogP) is 0.334. The Morgan fingerprint density at radius 1 is 1.58 bits per heavy atom. The van der Waals surface area contributed by atoms with Crippen LogP contribution in [0.4, 0.5) is 0 Å². The molecule has 1 saturated heterocycles. The van der Waals surface area contributed by atoms with Crippen LogP contribution in [0.5, 0.6) is 0 Å². The molecule has 1 atom stereocenters. The van der Waals surface area contributed by atoms with Crippen molar-refractivity contribution in [1.29, 1.82) is 0 Å². The molecule has 3 nitrogen and oxygen atoms in total. The first kappa shape index (κ1) is 7.71. The molecule has 12 heavy (non-hydrogen) atoms. The van der Waals surface area contributed by atoms with Crippen molar-refractivity contribution in [3.8, 4) is 0 Å². The summed E-state index contributed by atoms with van der Waals surface area (Å²) in [6.07, 6.45) is 3.10. The van der Waals surface area contributed by atoms with Gasteiger partial charge in [-0.15, -0.1) is 0 Å². The Hall–Kier alpha value is -0.930. The van der Waals surface area contributed by atoms with Crippen LogP contribution in [0.1, 0.15) is 11.7 Å². The molecule has 0 amide bonds. The maximum Gasteiger partial charge on any atom is 0.0857 e. The van der Waals surface area contributed by atoms with E-state index in [9.17, 15) is 5.11 Å². The van der Waals surface area contributed by atoms with E-state index < -0.39 is 0 Å². The minimum Gasteiger partial charge on any atom is -0.388 e. The number of aliphatic hydroxyl groups excluding tert-OH is 1. The fraction of sp³-hybridized carbons (Fsp3) is 0.444. The first-order chi connectivity index (χ1) is 5.88. The van der Waals surface area contributed by atoms with E-state index in [1.54, 1.807) is 12.4 Å². The quantitative estimate of drug-likeness (QED) is 0.662. The summed E-state index contributed by atoms with van der Waals surface area (Å²) in [5.41, 5.74) is 0.920. The molecule has 1 aliphatic rings. The molecule has 1 aliphatic heterocycles. The number of pyridine rings is 1. The zero-order valence-corrected chi connectivity index (χ0v) is 6.77. The van der Waals surface area contributed by atoms with Gasteiger partial charge in [-0.2, -0.15) is 0 Å². The normalized spacial score (nSPS) is 20.1. The highest BCUT2D eigenvalue weighted by atomic mass is 16.3. The monoisotopic (exact) mass is 164 g/mol. The predicted molar refractivity (Wildman–Crippen MR) is 45.6 cm³/mol. The Balaban J connectivity index is 2.08. The van der Waals surface area contributed by atoms with Crippen molar-refractivity contribution in [2.75, 3.05) is 13.1 Å². The van der Waals surface area contributed by atoms with E-state index >= 15 is 0 Å². The number of aliphatic hydroxyl groups is 1. The Bertz CT molecular complexity index is 246. The molecule has 64 valence electrons. The van der Waals surface area contributed by atoms with E-state index in [4.69, 9.17) is 0 Å². The lowest BCUT2D eigenvalue weighted by Gasteiger charge is -2.31. The summed E-state index contributed by atoms with van der Waals surface area (Å²) in [4.78, 5) is 3.97. The van der Waals surface area contributed by atoms with E-state index in [0.717, 1.165) is 18.7 Å². The summed E-state index contributed by atoms with van der Waals surface area (Å²) in [5, 5.41) is 12.9. The molecule has 2 N–H and O–H groups in total. The van der Waals surface area contributed by atoms with Crippen LogP contribution in [0.25, 0.3) is 0 Å². The molecule has 1 fully saturated rings. The molecule has 0 aliphatic carbocycles. The summed E-state index contributed by atoms with van der Waals surface area (Å²) < 4.78 is 0. The Morgan fingerprint density at radius 3 is 2.92 bits per heavy atom. The molecule has 0 bridgehead atoms. The van der Waals surface area contributed by atoms with Crippen molar-refractivity contribution < 1.29 is 5.11 Å². The lowest BCUT2D eigenvalue weighted by atomic mass is 9.92. The third-order valence-electron chi connectivity index (χ3n) is 2.29. The van der Waals surface area contributed by atoms with Crippen LogP contribution in [0.15, 0.2) is 24.5 Å². The number of nitrogens with one attached hydrogen (secondary N) is 1. The molecular formula is C9H12N2O. The van der Waals surface area contributed by atoms with Gasteiger partial charge in [0.05, 0.1) is 6.10 Å². The lowest BCUT2D eigenvalue weighted by molar-refractivity contribution is 0.0764. The van der Waals surface area contributed by atoms with E-state index in [-0.39, 0.29) is 6.10 Å². The number of aromatic nitrogens is 1. The molecule has 2 heterocycles. The van der Waals surface area contributed by atoms with Crippen LogP contribution in [0, 0.1) is 5.92 Å². The van der Waals surface area contributed by atoms with Crippen molar-refractivity contribution in [1.82, 2.24) is 10.3 Å². The molecular weight excluding hydrogens is 152 g/mol. The maximum absolute atomic E-state index is 9.76. The largest absolute Gasteiger partial charge is 0.388 e. The van der Waals surface area contributed by atoms with Crippen LogP contribution >= 0.6 is 0 Å². The van der Waals surface area contributed by atoms with Gasteiger partial charge in [-0.05, 0) is 11.6 Å². The standard InChI is InChI=1S/C9H12N2O/c12-9(8-5-11-6-8)7-2-1-3-10-4-7/h1-4,8-9,11-12H,5-6H2/t9-/m1/s1. The van der Waals surface area contributed by atoms with Gasteiger partial charge in [-0.1, -0.05) is 6.07 Å². The number of hydrogen-bond acceptors (Lipinski definition) is 3. The second kappa shape index (κ2) is 3.21. The van der Waals surface area contributed by atoms with E-state index in [1.807, 2.05) is 12.1 Å². The molecule has 0 aromatic carbocycles. The summed E-state index contributed by atoms with van der Waals surface area (Å²) >= 11 is 0. The first-order valence-electron chi connectivity index (χ1n) is 4.16. The van der Waals surface area contributed by atoms with Crippen molar-refractivity contribution in [2.24, 2.45) is 5.92 Å². The SMILES string of the molecule is O[C@H](c1cccnc1)C1CNC1. The third-order valence-corrected chi connectivity index (χ3v) is 2.29. The minimum atomic E-state index is -0.347. The maximum atomic E-state index is 9.76. The van der Waals surface area contributed by atoms with Gasteiger partial charge < -0.3 is 10.4 Å². The molecule has 0 spiro atoms. The highest BCUT2D eigenvalue weighted by molar-refractivity contribution is 5.13. The van der Waals surface area contributed by atoms with Crippen LogP contribution in [-0.4, -0.2) is 23.2 Å². The Kier molecular flexibility index (Phi) is 2.06. The molecule has 0 unspecified atom stereocenters. The molecule has 2 rings (SSSR count). The molecule has 3 heteroatoms. The second-order valence-corrected chi connectivity index (χ2v) is 3.15. The van der Waals surface area contributed by atoms with Gasteiger partial charge in [0.2, 0.25) is 0 Å². The highest BCUT2D eigenvalue weighted by Gasteiger charge is 2.26.